The van der Waals surface area contributed by atoms with Gasteiger partial charge in [-0.2, -0.15) is 0 Å². The molecule has 144 valence electrons. The standard InChI is InChI=1S/C15H17F3N2O5S/c1-25-6-5-20(9-4-7-26(23,24)8-9)15(22)14(21)19-11-3-2-10(16)12(17)13(11)18/h2-3,9H,4-8H2,1H3,(H,19,21). The van der Waals surface area contributed by atoms with Crippen LogP contribution in [0.1, 0.15) is 6.42 Å². The fourth-order valence-electron chi connectivity index (χ4n) is 2.59. The summed E-state index contributed by atoms with van der Waals surface area (Å²) in [4.78, 5) is 25.5. The van der Waals surface area contributed by atoms with Crippen LogP contribution in [0.2, 0.25) is 0 Å². The van der Waals surface area contributed by atoms with Crippen LogP contribution >= 0.6 is 0 Å². The number of rotatable bonds is 5. The Bertz CT molecular complexity index is 816. The minimum absolute atomic E-state index is 0.0507. The van der Waals surface area contributed by atoms with E-state index < -0.39 is 50.8 Å². The van der Waals surface area contributed by atoms with E-state index in [0.717, 1.165) is 11.0 Å². The van der Waals surface area contributed by atoms with E-state index in [-0.39, 0.29) is 31.1 Å². The van der Waals surface area contributed by atoms with Gasteiger partial charge in [0.2, 0.25) is 0 Å². The largest absolute Gasteiger partial charge is 0.383 e. The Balaban J connectivity index is 2.17. The number of carbonyl (C=O) groups excluding carboxylic acids is 2. The molecule has 0 saturated carbocycles. The van der Waals surface area contributed by atoms with Crippen LogP contribution in [0.3, 0.4) is 0 Å². The molecular weight excluding hydrogens is 377 g/mol. The molecule has 0 bridgehead atoms. The Labute approximate surface area is 148 Å². The molecule has 1 aromatic carbocycles. The number of ether oxygens (including phenoxy) is 1. The molecule has 1 aliphatic heterocycles. The zero-order valence-corrected chi connectivity index (χ0v) is 14.6. The van der Waals surface area contributed by atoms with Crippen molar-refractivity contribution < 1.29 is 35.9 Å². The lowest BCUT2D eigenvalue weighted by Crippen LogP contribution is -2.48. The zero-order valence-electron chi connectivity index (χ0n) is 13.8. The molecule has 2 amide bonds. The maximum atomic E-state index is 13.6. The number of hydrogen-bond acceptors (Lipinski definition) is 5. The minimum Gasteiger partial charge on any atom is -0.383 e. The highest BCUT2D eigenvalue weighted by atomic mass is 32.2. The van der Waals surface area contributed by atoms with Crippen molar-refractivity contribution >= 4 is 27.3 Å². The van der Waals surface area contributed by atoms with Crippen molar-refractivity contribution in [3.8, 4) is 0 Å². The first-order valence-electron chi connectivity index (χ1n) is 7.61. The molecule has 1 saturated heterocycles. The van der Waals surface area contributed by atoms with Crippen molar-refractivity contribution in [2.75, 3.05) is 37.1 Å². The average Bonchev–Trinajstić information content (AvgIpc) is 2.95. The van der Waals surface area contributed by atoms with Gasteiger partial charge >= 0.3 is 11.8 Å². The zero-order chi connectivity index (χ0) is 19.5. The lowest BCUT2D eigenvalue weighted by Gasteiger charge is -2.27. The average molecular weight is 394 g/mol. The summed E-state index contributed by atoms with van der Waals surface area (Å²) in [7, 11) is -1.95. The van der Waals surface area contributed by atoms with Crippen molar-refractivity contribution in [3.05, 3.63) is 29.6 Å². The van der Waals surface area contributed by atoms with Crippen molar-refractivity contribution in [1.29, 1.82) is 0 Å². The summed E-state index contributed by atoms with van der Waals surface area (Å²) >= 11 is 0. The summed E-state index contributed by atoms with van der Waals surface area (Å²) in [5.74, 6) is -7.69. The second-order valence-electron chi connectivity index (χ2n) is 5.73. The molecule has 0 radical (unpaired) electrons. The Morgan fingerprint density at radius 2 is 1.96 bits per heavy atom. The molecule has 11 heteroatoms. The fourth-order valence-corrected chi connectivity index (χ4v) is 4.32. The molecule has 0 spiro atoms. The number of carbonyl (C=O) groups is 2. The Morgan fingerprint density at radius 3 is 2.54 bits per heavy atom. The first-order valence-corrected chi connectivity index (χ1v) is 9.43. The quantitative estimate of drug-likeness (QED) is 0.586. The van der Waals surface area contributed by atoms with Gasteiger partial charge in [0, 0.05) is 19.7 Å². The number of hydrogen-bond donors (Lipinski definition) is 1. The lowest BCUT2D eigenvalue weighted by molar-refractivity contribution is -0.145. The van der Waals surface area contributed by atoms with Crippen molar-refractivity contribution in [2.45, 2.75) is 12.5 Å². The van der Waals surface area contributed by atoms with Gasteiger partial charge in [-0.3, -0.25) is 9.59 Å². The van der Waals surface area contributed by atoms with Crippen LogP contribution < -0.4 is 5.32 Å². The van der Waals surface area contributed by atoms with Gasteiger partial charge in [0.15, 0.2) is 27.3 Å². The van der Waals surface area contributed by atoms with Crippen LogP contribution in [-0.2, 0) is 24.2 Å². The molecule has 1 fully saturated rings. The molecule has 2 rings (SSSR count). The highest BCUT2D eigenvalue weighted by Crippen LogP contribution is 2.21. The highest BCUT2D eigenvalue weighted by Gasteiger charge is 2.36. The van der Waals surface area contributed by atoms with Crippen molar-refractivity contribution in [1.82, 2.24) is 4.90 Å². The van der Waals surface area contributed by atoms with Gasteiger partial charge < -0.3 is 15.0 Å². The first-order chi connectivity index (χ1) is 12.2. The Hall–Kier alpha value is -2.14. The molecule has 1 atom stereocenters. The summed E-state index contributed by atoms with van der Waals surface area (Å²) in [5.41, 5.74) is -0.701. The predicted molar refractivity (Wildman–Crippen MR) is 85.6 cm³/mol. The van der Waals surface area contributed by atoms with E-state index >= 15 is 0 Å². The maximum absolute atomic E-state index is 13.6. The molecule has 0 aromatic heterocycles. The van der Waals surface area contributed by atoms with Crippen LogP contribution in [-0.4, -0.2) is 62.9 Å². The number of benzene rings is 1. The van der Waals surface area contributed by atoms with Gasteiger partial charge in [-0.15, -0.1) is 0 Å². The normalized spacial score (nSPS) is 18.5. The number of amides is 2. The van der Waals surface area contributed by atoms with Gasteiger partial charge in [0.25, 0.3) is 0 Å². The van der Waals surface area contributed by atoms with Gasteiger partial charge in [0.1, 0.15) is 0 Å². The molecule has 1 aliphatic rings. The van der Waals surface area contributed by atoms with E-state index in [2.05, 4.69) is 0 Å². The maximum Gasteiger partial charge on any atom is 0.313 e. The summed E-state index contributed by atoms with van der Waals surface area (Å²) in [5, 5.41) is 1.88. The Kier molecular flexibility index (Phi) is 6.24. The van der Waals surface area contributed by atoms with Crippen LogP contribution in [0.25, 0.3) is 0 Å². The summed E-state index contributed by atoms with van der Waals surface area (Å²) in [6, 6.07) is 0.659. The third-order valence-corrected chi connectivity index (χ3v) is 5.67. The molecule has 7 nitrogen and oxygen atoms in total. The lowest BCUT2D eigenvalue weighted by atomic mass is 10.2. The number of methoxy groups -OCH3 is 1. The third kappa shape index (κ3) is 4.52. The molecule has 26 heavy (non-hydrogen) atoms. The van der Waals surface area contributed by atoms with E-state index in [0.29, 0.717) is 6.07 Å². The second-order valence-corrected chi connectivity index (χ2v) is 7.95. The smallest absolute Gasteiger partial charge is 0.313 e. The van der Waals surface area contributed by atoms with E-state index in [9.17, 15) is 31.2 Å². The van der Waals surface area contributed by atoms with Crippen molar-refractivity contribution in [2.24, 2.45) is 0 Å². The number of sulfone groups is 1. The second kappa shape index (κ2) is 8.04. The fraction of sp³-hybridized carbons (Fsp3) is 0.467. The van der Waals surface area contributed by atoms with Crippen LogP contribution in [0.5, 0.6) is 0 Å². The minimum atomic E-state index is -3.32. The molecule has 1 N–H and O–H groups in total. The van der Waals surface area contributed by atoms with E-state index in [1.807, 2.05) is 5.32 Å². The molecule has 1 unspecified atom stereocenters. The monoisotopic (exact) mass is 394 g/mol. The number of nitrogens with zero attached hydrogens (tertiary/aromatic N) is 1. The van der Waals surface area contributed by atoms with E-state index in [1.165, 1.54) is 7.11 Å². The summed E-state index contributed by atoms with van der Waals surface area (Å²) in [6.45, 7) is -0.00168. The van der Waals surface area contributed by atoms with Crippen molar-refractivity contribution in [3.63, 3.8) is 0 Å². The van der Waals surface area contributed by atoms with Crippen LogP contribution in [0, 0.1) is 17.5 Å². The molecule has 0 aliphatic carbocycles. The van der Waals surface area contributed by atoms with Gasteiger partial charge in [-0.25, -0.2) is 21.6 Å². The third-order valence-electron chi connectivity index (χ3n) is 3.92. The van der Waals surface area contributed by atoms with Gasteiger partial charge in [-0.05, 0) is 18.6 Å². The van der Waals surface area contributed by atoms with E-state index in [1.54, 1.807) is 0 Å². The predicted octanol–water partition coefficient (Wildman–Crippen LogP) is 0.704. The van der Waals surface area contributed by atoms with Gasteiger partial charge in [-0.1, -0.05) is 0 Å². The molecule has 1 heterocycles. The highest BCUT2D eigenvalue weighted by molar-refractivity contribution is 7.91. The molecular formula is C15H17F3N2O5S. The van der Waals surface area contributed by atoms with Crippen LogP contribution in [0.15, 0.2) is 12.1 Å². The summed E-state index contributed by atoms with van der Waals surface area (Å²) in [6.07, 6.45) is 0.157. The van der Waals surface area contributed by atoms with Gasteiger partial charge in [0.05, 0.1) is 23.8 Å². The number of nitrogens with one attached hydrogen (secondary N) is 1. The van der Waals surface area contributed by atoms with E-state index in [4.69, 9.17) is 4.74 Å². The summed E-state index contributed by atoms with van der Waals surface area (Å²) < 4.78 is 67.9. The topological polar surface area (TPSA) is 92.8 Å². The SMILES string of the molecule is COCCN(C(=O)C(=O)Nc1ccc(F)c(F)c1F)C1CCS(=O)(=O)C1. The number of halogens is 3. The first kappa shape index (κ1) is 20.2. The Morgan fingerprint density at radius 1 is 1.27 bits per heavy atom. The number of anilines is 1. The molecule has 1 aromatic rings. The van der Waals surface area contributed by atoms with Crippen LogP contribution in [0.4, 0.5) is 18.9 Å².